The van der Waals surface area contributed by atoms with Crippen LogP contribution in [0.25, 0.3) is 0 Å². The maximum atomic E-state index is 11.8. The van der Waals surface area contributed by atoms with E-state index in [1.807, 2.05) is 0 Å². The third-order valence-electron chi connectivity index (χ3n) is 1.61. The second-order valence-corrected chi connectivity index (χ2v) is 3.00. The van der Waals surface area contributed by atoms with Gasteiger partial charge in [-0.15, -0.1) is 0 Å². The molecule has 2 N–H and O–H groups in total. The number of hydrogen-bond acceptors (Lipinski definition) is 3. The highest BCUT2D eigenvalue weighted by atomic mass is 19.4. The third kappa shape index (κ3) is 8.19. The highest BCUT2D eigenvalue weighted by molar-refractivity contribution is 5.81. The Morgan fingerprint density at radius 2 is 2.07 bits per heavy atom. The summed E-state index contributed by atoms with van der Waals surface area (Å²) >= 11 is 0. The molecule has 1 unspecified atom stereocenters. The standard InChI is InChI=1S/C8H15F3N2O2/c1-6(13-5-8(9,10)11)7(14)12-3-4-15-2/h6,13H,3-5H2,1-2H3,(H,12,14). The first-order chi connectivity index (χ1) is 6.87. The van der Waals surface area contributed by atoms with Crippen molar-refractivity contribution in [1.29, 1.82) is 0 Å². The molecule has 0 aromatic carbocycles. The van der Waals surface area contributed by atoms with Crippen molar-refractivity contribution in [3.63, 3.8) is 0 Å². The van der Waals surface area contributed by atoms with Crippen molar-refractivity contribution in [2.75, 3.05) is 26.8 Å². The largest absolute Gasteiger partial charge is 0.401 e. The molecule has 0 bridgehead atoms. The summed E-state index contributed by atoms with van der Waals surface area (Å²) < 4.78 is 40.0. The quantitative estimate of drug-likeness (QED) is 0.642. The number of halogens is 3. The molecule has 4 nitrogen and oxygen atoms in total. The fourth-order valence-electron chi connectivity index (χ4n) is 0.791. The van der Waals surface area contributed by atoms with Crippen LogP contribution in [-0.2, 0) is 9.53 Å². The van der Waals surface area contributed by atoms with Crippen LogP contribution in [-0.4, -0.2) is 44.9 Å². The number of ether oxygens (including phenoxy) is 1. The fraction of sp³-hybridized carbons (Fsp3) is 0.875. The van der Waals surface area contributed by atoms with Crippen LogP contribution >= 0.6 is 0 Å². The number of amides is 1. The lowest BCUT2D eigenvalue weighted by Gasteiger charge is -2.15. The lowest BCUT2D eigenvalue weighted by Crippen LogP contribution is -2.46. The molecule has 0 aromatic rings. The summed E-state index contributed by atoms with van der Waals surface area (Å²) in [5.74, 6) is -0.476. The number of methoxy groups -OCH3 is 1. The van der Waals surface area contributed by atoms with E-state index in [1.54, 1.807) is 0 Å². The van der Waals surface area contributed by atoms with Crippen molar-refractivity contribution in [1.82, 2.24) is 10.6 Å². The van der Waals surface area contributed by atoms with Crippen molar-refractivity contribution in [2.24, 2.45) is 0 Å². The zero-order valence-electron chi connectivity index (χ0n) is 8.65. The van der Waals surface area contributed by atoms with Gasteiger partial charge in [0.25, 0.3) is 0 Å². The molecule has 0 aromatic heterocycles. The van der Waals surface area contributed by atoms with Gasteiger partial charge in [-0.2, -0.15) is 13.2 Å². The average molecular weight is 228 g/mol. The summed E-state index contributed by atoms with van der Waals surface area (Å²) in [6.07, 6.45) is -4.30. The van der Waals surface area contributed by atoms with Crippen LogP contribution in [0, 0.1) is 0 Å². The van der Waals surface area contributed by atoms with Gasteiger partial charge in [0, 0.05) is 13.7 Å². The molecule has 0 heterocycles. The van der Waals surface area contributed by atoms with Gasteiger partial charge in [-0.05, 0) is 6.92 Å². The van der Waals surface area contributed by atoms with E-state index in [-0.39, 0.29) is 6.54 Å². The summed E-state index contributed by atoms with van der Waals surface area (Å²) in [6, 6.07) is -0.872. The molecule has 0 aliphatic rings. The van der Waals surface area contributed by atoms with E-state index in [4.69, 9.17) is 0 Å². The van der Waals surface area contributed by atoms with E-state index in [0.29, 0.717) is 6.61 Å². The average Bonchev–Trinajstić information content (AvgIpc) is 2.13. The summed E-state index contributed by atoms with van der Waals surface area (Å²) in [5.41, 5.74) is 0. The Kier molecular flexibility index (Phi) is 6.26. The minimum atomic E-state index is -4.30. The number of hydrogen-bond donors (Lipinski definition) is 2. The van der Waals surface area contributed by atoms with E-state index < -0.39 is 24.7 Å². The van der Waals surface area contributed by atoms with Gasteiger partial charge < -0.3 is 10.1 Å². The van der Waals surface area contributed by atoms with Crippen LogP contribution in [0.3, 0.4) is 0 Å². The second kappa shape index (κ2) is 6.62. The van der Waals surface area contributed by atoms with Gasteiger partial charge in [-0.25, -0.2) is 0 Å². The molecule has 0 aliphatic heterocycles. The van der Waals surface area contributed by atoms with E-state index in [0.717, 1.165) is 0 Å². The maximum Gasteiger partial charge on any atom is 0.401 e. The Morgan fingerprint density at radius 3 is 2.53 bits per heavy atom. The van der Waals surface area contributed by atoms with Crippen LogP contribution in [0.15, 0.2) is 0 Å². The Labute approximate surface area is 86.2 Å². The first-order valence-electron chi connectivity index (χ1n) is 4.43. The first-order valence-corrected chi connectivity index (χ1v) is 4.43. The van der Waals surface area contributed by atoms with Crippen LogP contribution in [0.4, 0.5) is 13.2 Å². The summed E-state index contributed by atoms with van der Waals surface area (Å²) in [6.45, 7) is 0.810. The minimum absolute atomic E-state index is 0.285. The number of nitrogens with one attached hydrogen (secondary N) is 2. The Balaban J connectivity index is 3.70. The molecule has 15 heavy (non-hydrogen) atoms. The molecule has 0 saturated heterocycles. The Hall–Kier alpha value is -0.820. The van der Waals surface area contributed by atoms with Crippen LogP contribution in [0.2, 0.25) is 0 Å². The van der Waals surface area contributed by atoms with E-state index in [1.165, 1.54) is 14.0 Å². The maximum absolute atomic E-state index is 11.8. The molecular weight excluding hydrogens is 213 g/mol. The molecule has 1 amide bonds. The van der Waals surface area contributed by atoms with Crippen LogP contribution in [0.5, 0.6) is 0 Å². The van der Waals surface area contributed by atoms with E-state index >= 15 is 0 Å². The number of rotatable bonds is 6. The van der Waals surface area contributed by atoms with Gasteiger partial charge >= 0.3 is 6.18 Å². The summed E-state index contributed by atoms with van der Waals surface area (Å²) in [5, 5.41) is 4.50. The third-order valence-corrected chi connectivity index (χ3v) is 1.61. The van der Waals surface area contributed by atoms with Gasteiger partial charge in [0.1, 0.15) is 0 Å². The molecule has 0 saturated carbocycles. The lowest BCUT2D eigenvalue weighted by atomic mass is 10.3. The van der Waals surface area contributed by atoms with Gasteiger partial charge in [0.15, 0.2) is 0 Å². The van der Waals surface area contributed by atoms with Crippen LogP contribution in [0.1, 0.15) is 6.92 Å². The summed E-state index contributed by atoms with van der Waals surface area (Å²) in [4.78, 5) is 11.1. The molecule has 1 atom stereocenters. The number of alkyl halides is 3. The molecule has 0 rings (SSSR count). The molecule has 0 radical (unpaired) electrons. The number of carbonyl (C=O) groups is 1. The molecule has 90 valence electrons. The minimum Gasteiger partial charge on any atom is -0.383 e. The van der Waals surface area contributed by atoms with Gasteiger partial charge in [0.05, 0.1) is 19.2 Å². The normalized spacial score (nSPS) is 13.7. The SMILES string of the molecule is COCCNC(=O)C(C)NCC(F)(F)F. The highest BCUT2D eigenvalue weighted by Gasteiger charge is 2.28. The monoisotopic (exact) mass is 228 g/mol. The topological polar surface area (TPSA) is 50.4 Å². The fourth-order valence-corrected chi connectivity index (χ4v) is 0.791. The predicted molar refractivity (Wildman–Crippen MR) is 48.4 cm³/mol. The smallest absolute Gasteiger partial charge is 0.383 e. The summed E-state index contributed by atoms with van der Waals surface area (Å²) in [7, 11) is 1.47. The van der Waals surface area contributed by atoms with Crippen molar-refractivity contribution >= 4 is 5.91 Å². The van der Waals surface area contributed by atoms with Crippen LogP contribution < -0.4 is 10.6 Å². The lowest BCUT2D eigenvalue weighted by molar-refractivity contribution is -0.131. The van der Waals surface area contributed by atoms with Crippen molar-refractivity contribution in [3.8, 4) is 0 Å². The highest BCUT2D eigenvalue weighted by Crippen LogP contribution is 2.12. The van der Waals surface area contributed by atoms with Gasteiger partial charge in [-0.3, -0.25) is 10.1 Å². The van der Waals surface area contributed by atoms with E-state index in [9.17, 15) is 18.0 Å². The molecule has 0 fully saturated rings. The van der Waals surface area contributed by atoms with Gasteiger partial charge in [-0.1, -0.05) is 0 Å². The van der Waals surface area contributed by atoms with Crippen molar-refractivity contribution < 1.29 is 22.7 Å². The molecule has 0 spiro atoms. The second-order valence-electron chi connectivity index (χ2n) is 3.00. The van der Waals surface area contributed by atoms with E-state index in [2.05, 4.69) is 15.4 Å². The molecule has 7 heteroatoms. The molecule has 0 aliphatic carbocycles. The Morgan fingerprint density at radius 1 is 1.47 bits per heavy atom. The zero-order valence-corrected chi connectivity index (χ0v) is 8.65. The number of carbonyl (C=O) groups excluding carboxylic acids is 1. The predicted octanol–water partition coefficient (Wildman–Crippen LogP) is 0.289. The zero-order chi connectivity index (χ0) is 11.9. The first kappa shape index (κ1) is 14.2. The van der Waals surface area contributed by atoms with Crippen molar-refractivity contribution in [2.45, 2.75) is 19.1 Å². The Bertz CT molecular complexity index is 197. The van der Waals surface area contributed by atoms with Gasteiger partial charge in [0.2, 0.25) is 5.91 Å². The van der Waals surface area contributed by atoms with Crippen molar-refractivity contribution in [3.05, 3.63) is 0 Å². The molecular formula is C8H15F3N2O2.